The van der Waals surface area contributed by atoms with Gasteiger partial charge in [0.1, 0.15) is 0 Å². The molecular formula is C67H69N3. The summed E-state index contributed by atoms with van der Waals surface area (Å²) in [5, 5.41) is 4.95. The van der Waals surface area contributed by atoms with E-state index < -0.39 is 0 Å². The minimum absolute atomic E-state index is 0.00648. The first kappa shape index (κ1) is 45.6. The van der Waals surface area contributed by atoms with Crippen molar-refractivity contribution in [3.8, 4) is 22.5 Å². The number of hydrogen-bond acceptors (Lipinski definition) is 1. The molecular weight excluding hydrogens is 847 g/mol. The first-order valence-electron chi connectivity index (χ1n) is 25.4. The Balaban J connectivity index is 1.16. The van der Waals surface area contributed by atoms with Crippen molar-refractivity contribution >= 4 is 60.7 Å². The number of para-hydroxylation sites is 2. The van der Waals surface area contributed by atoms with E-state index >= 15 is 0 Å². The molecule has 0 unspecified atom stereocenters. The summed E-state index contributed by atoms with van der Waals surface area (Å²) in [6.45, 7) is 32.7. The first-order chi connectivity index (χ1) is 33.0. The number of rotatable bonds is 5. The van der Waals surface area contributed by atoms with Crippen LogP contribution in [-0.4, -0.2) is 9.13 Å². The summed E-state index contributed by atoms with van der Waals surface area (Å²) in [6, 6.07) is 62.9. The van der Waals surface area contributed by atoms with E-state index in [1.807, 2.05) is 0 Å². The molecule has 0 bridgehead atoms. The van der Waals surface area contributed by atoms with Crippen LogP contribution in [0.2, 0.25) is 0 Å². The van der Waals surface area contributed by atoms with E-state index in [9.17, 15) is 0 Å². The van der Waals surface area contributed by atoms with E-state index in [0.29, 0.717) is 0 Å². The minimum atomic E-state index is -0.149. The first-order valence-corrected chi connectivity index (χ1v) is 25.4. The summed E-state index contributed by atoms with van der Waals surface area (Å²) in [5.41, 5.74) is 21.2. The van der Waals surface area contributed by atoms with Gasteiger partial charge in [0.15, 0.2) is 0 Å². The van der Waals surface area contributed by atoms with Crippen molar-refractivity contribution < 1.29 is 0 Å². The third-order valence-corrected chi connectivity index (χ3v) is 15.5. The molecule has 0 atom stereocenters. The Hall–Kier alpha value is -6.84. The van der Waals surface area contributed by atoms with Gasteiger partial charge in [-0.3, -0.25) is 0 Å². The minimum Gasteiger partial charge on any atom is -0.310 e. The molecule has 0 saturated carbocycles. The molecule has 0 fully saturated rings. The summed E-state index contributed by atoms with van der Waals surface area (Å²) in [6.07, 6.45) is 0. The molecule has 0 saturated heterocycles. The third kappa shape index (κ3) is 7.38. The van der Waals surface area contributed by atoms with E-state index in [2.05, 4.69) is 275 Å². The number of aromatic nitrogens is 2. The SMILES string of the molecule is CC(C)(C)c1cc(-n2c3ccccc3c3cc(N(c4ccc5c(c4)C(C)(C)c4ccccc4-5)c4ccc5c(c4)c4ccccc4n5-c4cc(C(C)(C)C)cc(C(C)(C)C)c4)ccc32)cc(C(C)(C)C)c1. The Morgan fingerprint density at radius 3 is 1.13 bits per heavy atom. The largest absolute Gasteiger partial charge is 0.310 e. The molecule has 0 aliphatic heterocycles. The second kappa shape index (κ2) is 15.6. The molecule has 2 heterocycles. The molecule has 11 rings (SSSR count). The highest BCUT2D eigenvalue weighted by Gasteiger charge is 2.36. The Bertz CT molecular complexity index is 3470. The average Bonchev–Trinajstić information content (AvgIpc) is 3.90. The molecule has 10 aromatic rings. The van der Waals surface area contributed by atoms with Crippen LogP contribution in [0.15, 0.2) is 164 Å². The Morgan fingerprint density at radius 2 is 0.686 bits per heavy atom. The Kier molecular flexibility index (Phi) is 10.1. The van der Waals surface area contributed by atoms with Crippen LogP contribution < -0.4 is 4.90 Å². The van der Waals surface area contributed by atoms with Gasteiger partial charge in [-0.1, -0.05) is 176 Å². The van der Waals surface area contributed by atoms with Crippen molar-refractivity contribution in [2.45, 2.75) is 124 Å². The van der Waals surface area contributed by atoms with Crippen molar-refractivity contribution in [2.24, 2.45) is 0 Å². The van der Waals surface area contributed by atoms with E-state index in [1.165, 1.54) is 99.5 Å². The van der Waals surface area contributed by atoms with Gasteiger partial charge in [-0.05, 0) is 151 Å². The molecule has 1 aliphatic rings. The van der Waals surface area contributed by atoms with Crippen LogP contribution in [0.4, 0.5) is 17.1 Å². The average molecular weight is 916 g/mol. The van der Waals surface area contributed by atoms with Gasteiger partial charge in [-0.2, -0.15) is 0 Å². The predicted molar refractivity (Wildman–Crippen MR) is 302 cm³/mol. The van der Waals surface area contributed by atoms with Crippen LogP contribution in [0.1, 0.15) is 130 Å². The highest BCUT2D eigenvalue weighted by atomic mass is 15.1. The molecule has 352 valence electrons. The molecule has 0 N–H and O–H groups in total. The molecule has 1 aliphatic carbocycles. The topological polar surface area (TPSA) is 13.1 Å². The lowest BCUT2D eigenvalue weighted by molar-refractivity contribution is 0.567. The zero-order chi connectivity index (χ0) is 49.4. The molecule has 0 spiro atoms. The van der Waals surface area contributed by atoms with Crippen molar-refractivity contribution in [3.63, 3.8) is 0 Å². The zero-order valence-corrected chi connectivity index (χ0v) is 43.9. The second-order valence-electron chi connectivity index (χ2n) is 24.9. The molecule has 0 radical (unpaired) electrons. The summed E-state index contributed by atoms with van der Waals surface area (Å²) >= 11 is 0. The lowest BCUT2D eigenvalue weighted by Crippen LogP contribution is -2.17. The van der Waals surface area contributed by atoms with E-state index in [-0.39, 0.29) is 27.1 Å². The summed E-state index contributed by atoms with van der Waals surface area (Å²) in [5.74, 6) is 0. The van der Waals surface area contributed by atoms with Crippen molar-refractivity contribution in [3.05, 3.63) is 197 Å². The number of hydrogen-bond donors (Lipinski definition) is 0. The predicted octanol–water partition coefficient (Wildman–Crippen LogP) is 18.8. The maximum absolute atomic E-state index is 2.51. The van der Waals surface area contributed by atoms with E-state index in [1.54, 1.807) is 0 Å². The number of fused-ring (bicyclic) bond motifs is 9. The fourth-order valence-electron chi connectivity index (χ4n) is 11.2. The summed E-state index contributed by atoms with van der Waals surface area (Å²) < 4.78 is 5.00. The monoisotopic (exact) mass is 916 g/mol. The summed E-state index contributed by atoms with van der Waals surface area (Å²) in [4.78, 5) is 2.51. The maximum Gasteiger partial charge on any atom is 0.0542 e. The van der Waals surface area contributed by atoms with Gasteiger partial charge >= 0.3 is 0 Å². The fourth-order valence-corrected chi connectivity index (χ4v) is 11.2. The molecule has 3 nitrogen and oxygen atoms in total. The molecule has 3 heteroatoms. The van der Waals surface area contributed by atoms with Crippen LogP contribution in [0.5, 0.6) is 0 Å². The van der Waals surface area contributed by atoms with Gasteiger partial charge in [0.25, 0.3) is 0 Å². The van der Waals surface area contributed by atoms with Crippen LogP contribution in [-0.2, 0) is 27.1 Å². The van der Waals surface area contributed by atoms with Crippen molar-refractivity contribution in [1.82, 2.24) is 9.13 Å². The Morgan fingerprint density at radius 1 is 0.329 bits per heavy atom. The quantitative estimate of drug-likeness (QED) is 0.168. The maximum atomic E-state index is 2.51. The van der Waals surface area contributed by atoms with Crippen LogP contribution in [0.25, 0.3) is 66.1 Å². The summed E-state index contributed by atoms with van der Waals surface area (Å²) in [7, 11) is 0. The van der Waals surface area contributed by atoms with E-state index in [0.717, 1.165) is 17.1 Å². The molecule has 2 aromatic heterocycles. The lowest BCUT2D eigenvalue weighted by atomic mass is 9.80. The molecule has 0 amide bonds. The molecule has 8 aromatic carbocycles. The smallest absolute Gasteiger partial charge is 0.0542 e. The number of nitrogens with zero attached hydrogens (tertiary/aromatic N) is 3. The van der Waals surface area contributed by atoms with Crippen LogP contribution >= 0.6 is 0 Å². The van der Waals surface area contributed by atoms with Crippen molar-refractivity contribution in [1.29, 1.82) is 0 Å². The number of anilines is 3. The van der Waals surface area contributed by atoms with Gasteiger partial charge in [0.2, 0.25) is 0 Å². The van der Waals surface area contributed by atoms with Gasteiger partial charge in [-0.25, -0.2) is 0 Å². The Labute approximate surface area is 416 Å². The van der Waals surface area contributed by atoms with E-state index in [4.69, 9.17) is 0 Å². The lowest BCUT2D eigenvalue weighted by Gasteiger charge is -2.28. The fraction of sp³-hybridized carbons (Fsp3) is 0.284. The standard InChI is InChI=1S/C67H69N3/c1-63(2,3)42-33-43(64(4,5)6)36-49(35-42)69-59-25-19-16-22-53(59)55-39-46(28-31-61(55)69)68(48-27-30-52-51-21-15-18-24-57(51)67(13,14)58(52)41-48)47-29-32-62-56(40-47)54-23-17-20-26-60(54)70(62)50-37-44(65(7,8)9)34-45(38-50)66(10,11)12/h15-41H,1-14H3. The highest BCUT2D eigenvalue weighted by molar-refractivity contribution is 6.12. The van der Waals surface area contributed by atoms with Gasteiger partial charge in [-0.15, -0.1) is 0 Å². The highest BCUT2D eigenvalue weighted by Crippen LogP contribution is 2.51. The number of benzene rings is 8. The van der Waals surface area contributed by atoms with Gasteiger partial charge in [0, 0.05) is 55.4 Å². The van der Waals surface area contributed by atoms with Gasteiger partial charge < -0.3 is 14.0 Å². The van der Waals surface area contributed by atoms with Gasteiger partial charge in [0.05, 0.1) is 22.1 Å². The zero-order valence-electron chi connectivity index (χ0n) is 43.9. The second-order valence-corrected chi connectivity index (χ2v) is 24.9. The van der Waals surface area contributed by atoms with Crippen molar-refractivity contribution in [2.75, 3.05) is 4.90 Å². The third-order valence-electron chi connectivity index (χ3n) is 15.5. The van der Waals surface area contributed by atoms with Crippen LogP contribution in [0, 0.1) is 0 Å². The van der Waals surface area contributed by atoms with Crippen LogP contribution in [0.3, 0.4) is 0 Å². The molecule has 70 heavy (non-hydrogen) atoms. The normalized spacial score (nSPS) is 14.0.